The van der Waals surface area contributed by atoms with Gasteiger partial charge in [0, 0.05) is 43.0 Å². The van der Waals surface area contributed by atoms with Crippen molar-refractivity contribution in [3.05, 3.63) is 47.0 Å². The Labute approximate surface area is 228 Å². The molecule has 0 N–H and O–H groups in total. The highest BCUT2D eigenvalue weighted by Gasteiger charge is 2.36. The number of carbonyl (C=O) groups excluding carboxylic acids is 2. The first-order chi connectivity index (χ1) is 16.8. The molecule has 0 bridgehead atoms. The quantitative estimate of drug-likeness (QED) is 0.416. The van der Waals surface area contributed by atoms with Crippen LogP contribution >= 0.6 is 35.8 Å². The molecular formula is C26H33Cl2N3O4S. The van der Waals surface area contributed by atoms with E-state index in [9.17, 15) is 9.59 Å². The van der Waals surface area contributed by atoms with Gasteiger partial charge in [-0.05, 0) is 62.2 Å². The van der Waals surface area contributed by atoms with Crippen molar-refractivity contribution >= 4 is 53.3 Å². The zero-order valence-electron chi connectivity index (χ0n) is 21.0. The largest absolute Gasteiger partial charge is 0.497 e. The summed E-state index contributed by atoms with van der Waals surface area (Å²) < 4.78 is 11.7. The summed E-state index contributed by atoms with van der Waals surface area (Å²) in [7, 11) is 5.25. The molecule has 0 spiro atoms. The summed E-state index contributed by atoms with van der Waals surface area (Å²) in [5.41, 5.74) is 1.72. The van der Waals surface area contributed by atoms with Crippen molar-refractivity contribution < 1.29 is 19.1 Å². The van der Waals surface area contributed by atoms with E-state index in [-0.39, 0.29) is 35.6 Å². The standard InChI is InChI=1S/C26H32ClN3O4S.ClH/c1-17(31)30-21-10-8-18(27)15-24(21)35-26(30)20-16-19(33-4)9-11-23(20)34-14-6-13-29-12-5-7-22(29)25(32)28(2)3;/h8-11,15-16,22,26H,5-7,12-14H2,1-4H3;1H/t22-,26?;/m0./s1. The van der Waals surface area contributed by atoms with Crippen molar-refractivity contribution in [2.24, 2.45) is 0 Å². The molecule has 0 aliphatic carbocycles. The molecule has 36 heavy (non-hydrogen) atoms. The topological polar surface area (TPSA) is 62.3 Å². The van der Waals surface area contributed by atoms with Gasteiger partial charge >= 0.3 is 0 Å². The Balaban J connectivity index is 0.00000361. The summed E-state index contributed by atoms with van der Waals surface area (Å²) in [6, 6.07) is 11.2. The van der Waals surface area contributed by atoms with E-state index in [0.717, 1.165) is 54.2 Å². The van der Waals surface area contributed by atoms with Gasteiger partial charge in [-0.25, -0.2) is 0 Å². The molecule has 2 atom stereocenters. The molecule has 1 unspecified atom stereocenters. The van der Waals surface area contributed by atoms with Crippen molar-refractivity contribution in [1.82, 2.24) is 9.80 Å². The minimum absolute atomic E-state index is 0. The lowest BCUT2D eigenvalue weighted by Gasteiger charge is -2.27. The van der Waals surface area contributed by atoms with Gasteiger partial charge in [0.05, 0.1) is 25.4 Å². The van der Waals surface area contributed by atoms with Gasteiger partial charge in [-0.3, -0.25) is 19.4 Å². The second kappa shape index (κ2) is 12.4. The number of likely N-dealkylation sites (tertiary alicyclic amines) is 1. The first-order valence-electron chi connectivity index (χ1n) is 11.8. The zero-order valence-corrected chi connectivity index (χ0v) is 23.4. The van der Waals surface area contributed by atoms with Crippen LogP contribution in [0.3, 0.4) is 0 Å². The molecule has 2 aliphatic rings. The van der Waals surface area contributed by atoms with E-state index in [1.807, 2.05) is 44.4 Å². The first kappa shape index (κ1) is 28.4. The number of hydrogen-bond donors (Lipinski definition) is 0. The molecular weight excluding hydrogens is 521 g/mol. The Morgan fingerprint density at radius 1 is 1.19 bits per heavy atom. The normalized spacial score (nSPS) is 19.0. The minimum Gasteiger partial charge on any atom is -0.497 e. The summed E-state index contributed by atoms with van der Waals surface area (Å²) >= 11 is 7.79. The lowest BCUT2D eigenvalue weighted by molar-refractivity contribution is -0.133. The maximum Gasteiger partial charge on any atom is 0.239 e. The van der Waals surface area contributed by atoms with Crippen LogP contribution in [-0.2, 0) is 9.59 Å². The number of fused-ring (bicyclic) bond motifs is 1. The number of hydrogen-bond acceptors (Lipinski definition) is 6. The van der Waals surface area contributed by atoms with Crippen LogP contribution in [0.4, 0.5) is 5.69 Å². The fraction of sp³-hybridized carbons (Fsp3) is 0.462. The van der Waals surface area contributed by atoms with Gasteiger partial charge in [0.1, 0.15) is 16.9 Å². The van der Waals surface area contributed by atoms with Crippen LogP contribution in [0.1, 0.15) is 37.1 Å². The van der Waals surface area contributed by atoms with Gasteiger partial charge < -0.3 is 14.4 Å². The van der Waals surface area contributed by atoms with Crippen molar-refractivity contribution in [3.8, 4) is 11.5 Å². The average molecular weight is 555 g/mol. The molecule has 2 amide bonds. The summed E-state index contributed by atoms with van der Waals surface area (Å²) in [6.07, 6.45) is 2.75. The molecule has 2 heterocycles. The van der Waals surface area contributed by atoms with Crippen LogP contribution in [-0.4, -0.2) is 68.6 Å². The average Bonchev–Trinajstić information content (AvgIpc) is 3.45. The Bertz CT molecular complexity index is 1100. The zero-order chi connectivity index (χ0) is 25.1. The molecule has 0 saturated carbocycles. The van der Waals surface area contributed by atoms with Gasteiger partial charge in [0.15, 0.2) is 0 Å². The third kappa shape index (κ3) is 6.05. The first-order valence-corrected chi connectivity index (χ1v) is 13.1. The number of carbonyl (C=O) groups is 2. The van der Waals surface area contributed by atoms with Gasteiger partial charge in [0.2, 0.25) is 11.8 Å². The van der Waals surface area contributed by atoms with E-state index in [2.05, 4.69) is 4.90 Å². The molecule has 10 heteroatoms. The molecule has 0 radical (unpaired) electrons. The third-order valence-corrected chi connectivity index (χ3v) is 7.92. The van der Waals surface area contributed by atoms with Crippen LogP contribution in [0.2, 0.25) is 5.02 Å². The van der Waals surface area contributed by atoms with Gasteiger partial charge in [-0.1, -0.05) is 23.4 Å². The Morgan fingerprint density at radius 3 is 2.67 bits per heavy atom. The van der Waals surface area contributed by atoms with Crippen molar-refractivity contribution in [2.75, 3.05) is 45.8 Å². The van der Waals surface area contributed by atoms with Crippen LogP contribution in [0, 0.1) is 0 Å². The van der Waals surface area contributed by atoms with E-state index in [0.29, 0.717) is 17.4 Å². The summed E-state index contributed by atoms with van der Waals surface area (Å²) in [6.45, 7) is 3.82. The van der Waals surface area contributed by atoms with E-state index >= 15 is 0 Å². The molecule has 2 aromatic rings. The molecule has 1 fully saturated rings. The lowest BCUT2D eigenvalue weighted by Crippen LogP contribution is -2.43. The Kier molecular flexibility index (Phi) is 9.80. The monoisotopic (exact) mass is 553 g/mol. The smallest absolute Gasteiger partial charge is 0.239 e. The molecule has 2 aliphatic heterocycles. The summed E-state index contributed by atoms with van der Waals surface area (Å²) in [5, 5.41) is 0.349. The molecule has 1 saturated heterocycles. The minimum atomic E-state index is -0.285. The van der Waals surface area contributed by atoms with E-state index in [1.165, 1.54) is 0 Å². The second-order valence-electron chi connectivity index (χ2n) is 9.00. The molecule has 4 rings (SSSR count). The number of likely N-dealkylation sites (N-methyl/N-ethyl adjacent to an activating group) is 1. The molecule has 7 nitrogen and oxygen atoms in total. The van der Waals surface area contributed by atoms with Crippen LogP contribution in [0.15, 0.2) is 41.3 Å². The highest BCUT2D eigenvalue weighted by Crippen LogP contribution is 2.54. The Morgan fingerprint density at radius 2 is 1.97 bits per heavy atom. The predicted octanol–water partition coefficient (Wildman–Crippen LogP) is 5.25. The fourth-order valence-corrected chi connectivity index (χ4v) is 6.36. The number of nitrogens with zero attached hydrogens (tertiary/aromatic N) is 3. The number of ether oxygens (including phenoxy) is 2. The maximum absolute atomic E-state index is 12.7. The third-order valence-electron chi connectivity index (χ3n) is 6.41. The van der Waals surface area contributed by atoms with Crippen molar-refractivity contribution in [2.45, 2.75) is 42.5 Å². The number of benzene rings is 2. The number of amides is 2. The molecule has 196 valence electrons. The summed E-state index contributed by atoms with van der Waals surface area (Å²) in [5.74, 6) is 1.54. The number of thioether (sulfide) groups is 1. The maximum atomic E-state index is 12.7. The number of anilines is 1. The van der Waals surface area contributed by atoms with Crippen molar-refractivity contribution in [1.29, 1.82) is 0 Å². The van der Waals surface area contributed by atoms with E-state index in [4.69, 9.17) is 21.1 Å². The highest BCUT2D eigenvalue weighted by molar-refractivity contribution is 8.00. The van der Waals surface area contributed by atoms with Crippen LogP contribution in [0.5, 0.6) is 11.5 Å². The number of halogens is 2. The van der Waals surface area contributed by atoms with Crippen LogP contribution < -0.4 is 14.4 Å². The SMILES string of the molecule is COc1ccc(OCCCN2CCC[C@H]2C(=O)N(C)C)c(C2Sc3cc(Cl)ccc3N2C(C)=O)c1.Cl. The fourth-order valence-electron chi connectivity index (χ4n) is 4.72. The predicted molar refractivity (Wildman–Crippen MR) is 147 cm³/mol. The van der Waals surface area contributed by atoms with Gasteiger partial charge in [-0.15, -0.1) is 12.4 Å². The van der Waals surface area contributed by atoms with Gasteiger partial charge in [0.25, 0.3) is 0 Å². The van der Waals surface area contributed by atoms with Gasteiger partial charge in [-0.2, -0.15) is 0 Å². The number of rotatable bonds is 8. The van der Waals surface area contributed by atoms with E-state index < -0.39 is 0 Å². The Hall–Kier alpha value is -2.13. The molecule has 2 aromatic carbocycles. The van der Waals surface area contributed by atoms with Crippen molar-refractivity contribution in [3.63, 3.8) is 0 Å². The van der Waals surface area contributed by atoms with Crippen LogP contribution in [0.25, 0.3) is 0 Å². The second-order valence-corrected chi connectivity index (χ2v) is 10.6. The summed E-state index contributed by atoms with van der Waals surface area (Å²) in [4.78, 5) is 31.8. The number of methoxy groups -OCH3 is 1. The lowest BCUT2D eigenvalue weighted by atomic mass is 10.1. The van der Waals surface area contributed by atoms with E-state index in [1.54, 1.807) is 41.7 Å². The highest BCUT2D eigenvalue weighted by atomic mass is 35.5. The molecule has 0 aromatic heterocycles.